The molecule has 0 aliphatic heterocycles. The van der Waals surface area contributed by atoms with Gasteiger partial charge in [-0.25, -0.2) is 8.42 Å². The quantitative estimate of drug-likeness (QED) is 0.350. The fraction of sp³-hybridized carbons (Fsp3) is 0.174. The lowest BCUT2D eigenvalue weighted by molar-refractivity contribution is -0.114. The number of amides is 1. The summed E-state index contributed by atoms with van der Waals surface area (Å²) in [5.74, 6) is -0.270. The first-order valence-corrected chi connectivity index (χ1v) is 13.3. The van der Waals surface area contributed by atoms with E-state index in [-0.39, 0.29) is 26.3 Å². The number of anilines is 2. The Morgan fingerprint density at radius 1 is 1.00 bits per heavy atom. The SMILES string of the molecule is CCOc1ccccc1N(CC(=O)Nc1c(Cl)cccc1Cl)S(=O)(=O)c1ccc(SC)cc1. The van der Waals surface area contributed by atoms with Crippen LogP contribution in [0.5, 0.6) is 5.75 Å². The minimum absolute atomic E-state index is 0.0511. The van der Waals surface area contributed by atoms with Crippen molar-refractivity contribution in [3.05, 3.63) is 76.8 Å². The summed E-state index contributed by atoms with van der Waals surface area (Å²) in [6.45, 7) is 1.61. The van der Waals surface area contributed by atoms with Crippen LogP contribution < -0.4 is 14.4 Å². The van der Waals surface area contributed by atoms with E-state index in [1.807, 2.05) is 6.26 Å². The maximum absolute atomic E-state index is 13.6. The molecule has 10 heteroatoms. The van der Waals surface area contributed by atoms with Gasteiger partial charge in [-0.2, -0.15) is 0 Å². The second-order valence-corrected chi connectivity index (χ2v) is 10.3. The Kier molecular flexibility index (Phi) is 8.53. The molecular formula is C23H22Cl2N2O4S2. The highest BCUT2D eigenvalue weighted by Crippen LogP contribution is 2.34. The Labute approximate surface area is 207 Å². The van der Waals surface area contributed by atoms with E-state index in [9.17, 15) is 13.2 Å². The molecule has 3 aromatic rings. The monoisotopic (exact) mass is 524 g/mol. The van der Waals surface area contributed by atoms with Crippen LogP contribution in [0.25, 0.3) is 0 Å². The van der Waals surface area contributed by atoms with Crippen LogP contribution in [0.3, 0.4) is 0 Å². The van der Waals surface area contributed by atoms with E-state index in [4.69, 9.17) is 27.9 Å². The van der Waals surface area contributed by atoms with E-state index < -0.39 is 22.5 Å². The van der Waals surface area contributed by atoms with Crippen molar-refractivity contribution in [1.82, 2.24) is 0 Å². The number of carbonyl (C=O) groups excluding carboxylic acids is 1. The number of nitrogens with zero attached hydrogens (tertiary/aromatic N) is 1. The van der Waals surface area contributed by atoms with Gasteiger partial charge in [0.2, 0.25) is 5.91 Å². The van der Waals surface area contributed by atoms with Crippen LogP contribution >= 0.6 is 35.0 Å². The van der Waals surface area contributed by atoms with Gasteiger partial charge in [0.25, 0.3) is 10.0 Å². The number of ether oxygens (including phenoxy) is 1. The van der Waals surface area contributed by atoms with Crippen molar-refractivity contribution in [3.8, 4) is 5.75 Å². The fourth-order valence-electron chi connectivity index (χ4n) is 3.04. The van der Waals surface area contributed by atoms with Crippen molar-refractivity contribution in [2.45, 2.75) is 16.7 Å². The minimum Gasteiger partial charge on any atom is -0.492 e. The van der Waals surface area contributed by atoms with Gasteiger partial charge < -0.3 is 10.1 Å². The van der Waals surface area contributed by atoms with E-state index >= 15 is 0 Å². The molecule has 174 valence electrons. The molecule has 0 spiro atoms. The fourth-order valence-corrected chi connectivity index (χ4v) is 5.37. The van der Waals surface area contributed by atoms with Gasteiger partial charge in [0.15, 0.2) is 0 Å². The number of thioether (sulfide) groups is 1. The zero-order valence-electron chi connectivity index (χ0n) is 17.9. The van der Waals surface area contributed by atoms with Crippen LogP contribution in [0.4, 0.5) is 11.4 Å². The summed E-state index contributed by atoms with van der Waals surface area (Å²) < 4.78 is 33.9. The third-order valence-corrected chi connectivity index (χ3v) is 7.74. The Morgan fingerprint density at radius 2 is 1.64 bits per heavy atom. The molecule has 0 heterocycles. The third kappa shape index (κ3) is 5.95. The minimum atomic E-state index is -4.11. The standard InChI is InChI=1S/C23H22Cl2N2O4S2/c1-3-31-21-10-5-4-9-20(21)27(33(29,30)17-13-11-16(32-2)12-14-17)15-22(28)26-23-18(24)7-6-8-19(23)25/h4-14H,3,15H2,1-2H3,(H,26,28). The first-order valence-electron chi connectivity index (χ1n) is 9.90. The maximum atomic E-state index is 13.6. The molecule has 0 aromatic heterocycles. The summed E-state index contributed by atoms with van der Waals surface area (Å²) in [7, 11) is -4.11. The molecular weight excluding hydrogens is 503 g/mol. The number of hydrogen-bond acceptors (Lipinski definition) is 5. The number of rotatable bonds is 9. The highest BCUT2D eigenvalue weighted by molar-refractivity contribution is 7.98. The summed E-state index contributed by atoms with van der Waals surface area (Å²) in [5, 5.41) is 3.11. The smallest absolute Gasteiger partial charge is 0.264 e. The number of carbonyl (C=O) groups is 1. The molecule has 0 saturated heterocycles. The molecule has 3 rings (SSSR count). The number of hydrogen-bond donors (Lipinski definition) is 1. The Hall–Kier alpha value is -2.39. The highest BCUT2D eigenvalue weighted by atomic mass is 35.5. The molecule has 0 aliphatic carbocycles. The van der Waals surface area contributed by atoms with Gasteiger partial charge in [0, 0.05) is 4.90 Å². The number of sulfonamides is 1. The van der Waals surface area contributed by atoms with Crippen LogP contribution in [-0.4, -0.2) is 33.7 Å². The van der Waals surface area contributed by atoms with Crippen LogP contribution in [0.15, 0.2) is 76.5 Å². The molecule has 0 bridgehead atoms. The number of benzene rings is 3. The largest absolute Gasteiger partial charge is 0.492 e. The second kappa shape index (κ2) is 11.2. The molecule has 0 atom stereocenters. The molecule has 0 aliphatic rings. The van der Waals surface area contributed by atoms with Crippen LogP contribution in [0, 0.1) is 0 Å². The second-order valence-electron chi connectivity index (χ2n) is 6.73. The molecule has 33 heavy (non-hydrogen) atoms. The highest BCUT2D eigenvalue weighted by Gasteiger charge is 2.30. The zero-order valence-corrected chi connectivity index (χ0v) is 21.1. The topological polar surface area (TPSA) is 75.7 Å². The number of halogens is 2. The van der Waals surface area contributed by atoms with E-state index in [2.05, 4.69) is 5.32 Å². The summed E-state index contributed by atoms with van der Waals surface area (Å²) in [4.78, 5) is 13.9. The molecule has 1 amide bonds. The average molecular weight is 525 g/mol. The summed E-state index contributed by atoms with van der Waals surface area (Å²) in [6, 6.07) is 17.9. The third-order valence-electron chi connectivity index (χ3n) is 4.60. The predicted octanol–water partition coefficient (Wildman–Crippen LogP) is 5.95. The molecule has 0 unspecified atom stereocenters. The van der Waals surface area contributed by atoms with Gasteiger partial charge in [0.05, 0.1) is 32.9 Å². The number of para-hydroxylation sites is 3. The van der Waals surface area contributed by atoms with Crippen molar-refractivity contribution in [2.24, 2.45) is 0 Å². The lowest BCUT2D eigenvalue weighted by Crippen LogP contribution is -2.38. The maximum Gasteiger partial charge on any atom is 0.264 e. The zero-order chi connectivity index (χ0) is 24.0. The number of nitrogens with one attached hydrogen (secondary N) is 1. The van der Waals surface area contributed by atoms with Gasteiger partial charge in [-0.05, 0) is 61.7 Å². The summed E-state index contributed by atoms with van der Waals surface area (Å²) in [5.41, 5.74) is 0.458. The lowest BCUT2D eigenvalue weighted by Gasteiger charge is -2.26. The molecule has 1 N–H and O–H groups in total. The Morgan fingerprint density at radius 3 is 2.24 bits per heavy atom. The van der Waals surface area contributed by atoms with Gasteiger partial charge >= 0.3 is 0 Å². The van der Waals surface area contributed by atoms with E-state index in [1.165, 1.54) is 23.9 Å². The summed E-state index contributed by atoms with van der Waals surface area (Å²) >= 11 is 13.8. The van der Waals surface area contributed by atoms with E-state index in [1.54, 1.807) is 61.5 Å². The van der Waals surface area contributed by atoms with Crippen molar-refractivity contribution >= 4 is 62.3 Å². The van der Waals surface area contributed by atoms with Crippen molar-refractivity contribution in [1.29, 1.82) is 0 Å². The Balaban J connectivity index is 2.03. The lowest BCUT2D eigenvalue weighted by atomic mass is 10.3. The molecule has 6 nitrogen and oxygen atoms in total. The average Bonchev–Trinajstić information content (AvgIpc) is 2.81. The van der Waals surface area contributed by atoms with Gasteiger partial charge in [-0.1, -0.05) is 41.4 Å². The van der Waals surface area contributed by atoms with Gasteiger partial charge in [0.1, 0.15) is 12.3 Å². The van der Waals surface area contributed by atoms with Crippen molar-refractivity contribution < 1.29 is 17.9 Å². The Bertz CT molecular complexity index is 1220. The first kappa shape index (κ1) is 25.2. The van der Waals surface area contributed by atoms with E-state index in [0.717, 1.165) is 9.20 Å². The molecule has 0 radical (unpaired) electrons. The predicted molar refractivity (Wildman–Crippen MR) is 135 cm³/mol. The van der Waals surface area contributed by atoms with Crippen molar-refractivity contribution in [2.75, 3.05) is 29.0 Å². The normalized spacial score (nSPS) is 11.2. The van der Waals surface area contributed by atoms with Crippen molar-refractivity contribution in [3.63, 3.8) is 0 Å². The van der Waals surface area contributed by atoms with E-state index in [0.29, 0.717) is 12.4 Å². The molecule has 0 saturated carbocycles. The summed E-state index contributed by atoms with van der Waals surface area (Å²) in [6.07, 6.45) is 1.90. The van der Waals surface area contributed by atoms with Crippen LogP contribution in [0.2, 0.25) is 10.0 Å². The molecule has 3 aromatic carbocycles. The van der Waals surface area contributed by atoms with Crippen LogP contribution in [-0.2, 0) is 14.8 Å². The van der Waals surface area contributed by atoms with Crippen LogP contribution in [0.1, 0.15) is 6.92 Å². The molecule has 0 fully saturated rings. The van der Waals surface area contributed by atoms with Gasteiger partial charge in [-0.15, -0.1) is 11.8 Å². The van der Waals surface area contributed by atoms with Gasteiger partial charge in [-0.3, -0.25) is 9.10 Å². The first-order chi connectivity index (χ1) is 15.8.